The summed E-state index contributed by atoms with van der Waals surface area (Å²) >= 11 is 0. The van der Waals surface area contributed by atoms with E-state index in [1.807, 2.05) is 38.1 Å². The minimum atomic E-state index is -3.13. The first-order valence-electron chi connectivity index (χ1n) is 36.7. The molecule has 0 bridgehead atoms. The average molecular weight is 1530 g/mol. The predicted octanol–water partition coefficient (Wildman–Crippen LogP) is 0.467. The van der Waals surface area contributed by atoms with E-state index in [-0.39, 0.29) is 62.9 Å². The number of hydrogen-bond donors (Lipinski definition) is 15. The number of ketones is 1. The first-order valence-corrected chi connectivity index (χ1v) is 36.7. The van der Waals surface area contributed by atoms with Crippen molar-refractivity contribution in [1.82, 2.24) is 73.0 Å². The lowest BCUT2D eigenvalue weighted by atomic mass is 9.97. The Kier molecular flexibility index (Phi) is 32.3. The maximum absolute atomic E-state index is 15.3. The Balaban J connectivity index is 1.20. The molecule has 33 nitrogen and oxygen atoms in total. The van der Waals surface area contributed by atoms with Crippen LogP contribution in [0.3, 0.4) is 0 Å². The Hall–Kier alpha value is -12.0. The van der Waals surface area contributed by atoms with Crippen LogP contribution < -0.4 is 75.3 Å². The number of benzene rings is 4. The Labute approximate surface area is 642 Å². The van der Waals surface area contributed by atoms with Gasteiger partial charge in [-0.3, -0.25) is 82.8 Å². The summed E-state index contributed by atoms with van der Waals surface area (Å²) in [5.74, 6) is -12.7. The smallest absolute Gasteiger partial charge is 0.269 e. The minimum Gasteiger partial charge on any atom is -0.394 e. The Bertz CT molecular complexity index is 4290. The molecule has 111 heavy (non-hydrogen) atoms. The number of aromatic nitrogens is 3. The average Bonchev–Trinajstić information content (AvgIpc) is 1.09. The number of hydrogen-bond acceptors (Lipinski definition) is 20. The van der Waals surface area contributed by atoms with Crippen molar-refractivity contribution in [3.63, 3.8) is 0 Å². The Morgan fingerprint density at radius 3 is 1.59 bits per heavy atom. The molecule has 13 amide bonds. The monoisotopic (exact) mass is 1530 g/mol. The van der Waals surface area contributed by atoms with Crippen molar-refractivity contribution in [2.75, 3.05) is 30.3 Å². The van der Waals surface area contributed by atoms with Crippen LogP contribution in [-0.4, -0.2) is 193 Å². The number of nitrogens with zero attached hydrogens (tertiary/aromatic N) is 4. The van der Waals surface area contributed by atoms with Crippen LogP contribution in [0.15, 0.2) is 134 Å². The molecule has 0 aliphatic carbocycles. The highest BCUT2D eigenvalue weighted by Crippen LogP contribution is 2.23. The van der Waals surface area contributed by atoms with E-state index >= 15 is 14.4 Å². The van der Waals surface area contributed by atoms with Gasteiger partial charge in [-0.2, -0.15) is 0 Å². The molecular weight excluding hydrogens is 1430 g/mol. The van der Waals surface area contributed by atoms with Gasteiger partial charge in [-0.25, -0.2) is 4.98 Å². The number of likely N-dealkylation sites (tertiary alicyclic amines) is 1. The molecule has 1 saturated heterocycles. The third-order valence-corrected chi connectivity index (χ3v) is 18.1. The van der Waals surface area contributed by atoms with Crippen LogP contribution in [0.2, 0.25) is 0 Å². The van der Waals surface area contributed by atoms with Crippen molar-refractivity contribution in [3.05, 3.63) is 162 Å². The molecule has 1 aliphatic heterocycles. The summed E-state index contributed by atoms with van der Waals surface area (Å²) in [5.41, 5.74) is 11.0. The van der Waals surface area contributed by atoms with E-state index in [0.717, 1.165) is 30.1 Å². The summed E-state index contributed by atoms with van der Waals surface area (Å²) in [7, 11) is 0. The number of fused-ring (bicyclic) bond motifs is 1. The molecule has 0 saturated carbocycles. The van der Waals surface area contributed by atoms with E-state index < -0.39 is 155 Å². The fraction of sp³-hybridized carbons (Fsp3) is 0.423. The third-order valence-electron chi connectivity index (χ3n) is 18.1. The molecule has 17 N–H and O–H groups in total. The van der Waals surface area contributed by atoms with Crippen molar-refractivity contribution < 1.29 is 72.2 Å². The van der Waals surface area contributed by atoms with E-state index in [4.69, 9.17) is 11.5 Å². The second-order valence-corrected chi connectivity index (χ2v) is 28.2. The molecule has 7 rings (SSSR count). The first kappa shape index (κ1) is 86.3. The van der Waals surface area contributed by atoms with Gasteiger partial charge in [0.05, 0.1) is 12.8 Å². The molecule has 33 heteroatoms. The van der Waals surface area contributed by atoms with Crippen LogP contribution >= 0.6 is 0 Å². The SMILES string of the molecule is CC(=O)Nc1ccc(C[C@H](NC(=O)[C@H](CO)NC(=O)[C@@H](Cc2cccnc2)NC(=O)[C@](N)(NC(=O)[C@@H](Cc2ccc3ccccc3c2)NC(C)=O)C(=O)c2cnccn2)C(=O)N[C@H](Cc2ccc(NC(C)=O)cc2)C(=O)N[C@@H](CC(C)C)C(=O)N[C@@H](CCCCNC(C)C)C(=O)N2CCC[C@H]2C(=O)N[C@H](C)C(N)=O)cc1. The molecule has 4 aromatic carbocycles. The zero-order valence-electron chi connectivity index (χ0n) is 63.4. The largest absolute Gasteiger partial charge is 0.394 e. The third kappa shape index (κ3) is 26.4. The van der Waals surface area contributed by atoms with E-state index in [1.165, 1.54) is 80.7 Å². The number of amides is 13. The zero-order chi connectivity index (χ0) is 81.1. The normalized spacial score (nSPS) is 15.2. The Morgan fingerprint density at radius 1 is 0.532 bits per heavy atom. The van der Waals surface area contributed by atoms with Crippen molar-refractivity contribution in [2.45, 2.75) is 186 Å². The van der Waals surface area contributed by atoms with Gasteiger partial charge < -0.3 is 79.5 Å². The second-order valence-electron chi connectivity index (χ2n) is 28.2. The number of aliphatic hydroxyl groups excluding tert-OH is 1. The lowest BCUT2D eigenvalue weighted by Gasteiger charge is -2.31. The van der Waals surface area contributed by atoms with Crippen LogP contribution in [0.25, 0.3) is 10.8 Å². The van der Waals surface area contributed by atoms with Gasteiger partial charge in [0.1, 0.15) is 60.1 Å². The van der Waals surface area contributed by atoms with E-state index in [2.05, 4.69) is 78.8 Å². The number of carbonyl (C=O) groups excluding carboxylic acids is 14. The van der Waals surface area contributed by atoms with Crippen LogP contribution in [-0.2, 0) is 88.0 Å². The van der Waals surface area contributed by atoms with Gasteiger partial charge in [0.25, 0.3) is 5.91 Å². The topological polar surface area (TPSA) is 498 Å². The van der Waals surface area contributed by atoms with Crippen LogP contribution in [0, 0.1) is 5.92 Å². The number of primary amides is 1. The predicted molar refractivity (Wildman–Crippen MR) is 410 cm³/mol. The van der Waals surface area contributed by atoms with Gasteiger partial charge in [-0.15, -0.1) is 0 Å². The number of anilines is 2. The molecule has 1 fully saturated rings. The van der Waals surface area contributed by atoms with Crippen molar-refractivity contribution in [2.24, 2.45) is 17.4 Å². The van der Waals surface area contributed by atoms with Crippen LogP contribution in [0.5, 0.6) is 0 Å². The van der Waals surface area contributed by atoms with Crippen LogP contribution in [0.1, 0.15) is 127 Å². The van der Waals surface area contributed by atoms with Crippen LogP contribution in [0.4, 0.5) is 11.4 Å². The van der Waals surface area contributed by atoms with Crippen molar-refractivity contribution in [3.8, 4) is 0 Å². The minimum absolute atomic E-state index is 0.00479. The van der Waals surface area contributed by atoms with E-state index in [9.17, 15) is 57.8 Å². The summed E-state index contributed by atoms with van der Waals surface area (Å²) in [5, 5.41) is 44.6. The number of unbranched alkanes of at least 4 members (excludes halogenated alkanes) is 1. The highest BCUT2D eigenvalue weighted by molar-refractivity contribution is 6.19. The second kappa shape index (κ2) is 41.6. The lowest BCUT2D eigenvalue weighted by molar-refractivity contribution is -0.142. The summed E-state index contributed by atoms with van der Waals surface area (Å²) in [6.07, 6.45) is 6.66. The van der Waals surface area contributed by atoms with Gasteiger partial charge in [-0.05, 0) is 121 Å². The number of Topliss-reactive ketones (excluding diaryl/α,β-unsaturated/α-hetero) is 1. The van der Waals surface area contributed by atoms with Gasteiger partial charge in [0.2, 0.25) is 82.3 Å². The molecule has 1 aliphatic rings. The highest BCUT2D eigenvalue weighted by Gasteiger charge is 2.48. The van der Waals surface area contributed by atoms with E-state index in [0.29, 0.717) is 59.4 Å². The molecule has 0 spiro atoms. The summed E-state index contributed by atoms with van der Waals surface area (Å²) in [4.78, 5) is 210. The standard InChI is InChI=1S/C78H100N18O15/c1-44(2)35-59(69(103)89-58(18-11-12-31-83-45(3)4)76(110)96-34-14-19-66(96)75(109)85-46(5)68(79)102)90-70(104)60(37-50-21-26-56(27-22-50)86-47(6)98)91-71(105)61(38-51-23-28-57(29-24-51)87-48(7)99)92-73(107)65(43-97)93-72(106)62(40-53-15-13-30-81-41-53)94-77(111)78(80,67(101)64-42-82-32-33-84-64)95-74(108)63(88-49(8)100)39-52-20-25-54-16-9-10-17-55(54)36-52/h9-10,13,15-17,20-30,32-33,36,41-42,44-46,58-63,65-66,83,97H,11-12,14,18-19,31,34-35,37-40,43,80H2,1-8H3,(H2,79,102)(H,85,109)(H,86,98)(H,87,99)(H,88,100)(H,89,103)(H,90,104)(H,91,105)(H,92,107)(H,93,106)(H,94,111)(H,95,108)/t46-,58+,59+,60-,61+,62-,63-,65+,66+,78-/m1/s1. The fourth-order valence-corrected chi connectivity index (χ4v) is 12.4. The molecule has 6 aromatic rings. The van der Waals surface area contributed by atoms with Crippen molar-refractivity contribution in [1.29, 1.82) is 0 Å². The molecule has 2 aromatic heterocycles. The summed E-state index contributed by atoms with van der Waals surface area (Å²) < 4.78 is 0. The number of nitrogens with one attached hydrogen (secondary N) is 12. The first-order chi connectivity index (χ1) is 52.8. The number of aliphatic hydroxyl groups is 1. The highest BCUT2D eigenvalue weighted by atomic mass is 16.3. The lowest BCUT2D eigenvalue weighted by Crippen LogP contribution is -2.73. The quantitative estimate of drug-likeness (QED) is 0.0108. The molecule has 0 radical (unpaired) electrons. The van der Waals surface area contributed by atoms with Gasteiger partial charge >= 0.3 is 0 Å². The molecular formula is C78H100N18O15. The molecule has 0 unspecified atom stereocenters. The Morgan fingerprint density at radius 2 is 1.05 bits per heavy atom. The molecule has 10 atom stereocenters. The van der Waals surface area contributed by atoms with Gasteiger partial charge in [0, 0.05) is 95.2 Å². The fourth-order valence-electron chi connectivity index (χ4n) is 12.4. The molecule has 592 valence electrons. The number of carbonyl (C=O) groups is 14. The van der Waals surface area contributed by atoms with Gasteiger partial charge in [-0.1, -0.05) is 100 Å². The zero-order valence-corrected chi connectivity index (χ0v) is 63.4. The number of nitrogens with two attached hydrogens (primary N) is 2. The number of pyridine rings is 1. The number of rotatable bonds is 40. The summed E-state index contributed by atoms with van der Waals surface area (Å²) in [6, 6.07) is 15.1. The summed E-state index contributed by atoms with van der Waals surface area (Å²) in [6.45, 7) is 12.3. The maximum atomic E-state index is 15.3. The van der Waals surface area contributed by atoms with Crippen molar-refractivity contribution >= 4 is 105 Å². The van der Waals surface area contributed by atoms with Gasteiger partial charge in [0.15, 0.2) is 0 Å². The van der Waals surface area contributed by atoms with E-state index in [1.54, 1.807) is 56.3 Å². The molecule has 3 heterocycles. The maximum Gasteiger partial charge on any atom is 0.269 e.